The number of anilines is 2. The SMILES string of the molecule is CCS(=O)(=O)N1CCN(c2cc(N3CCCC3)nc(C)n2)CC1. The fourth-order valence-corrected chi connectivity index (χ4v) is 4.27. The molecule has 7 nitrogen and oxygen atoms in total. The van der Waals surface area contributed by atoms with Gasteiger partial charge in [0.25, 0.3) is 0 Å². The quantitative estimate of drug-likeness (QED) is 0.810. The highest BCUT2D eigenvalue weighted by Gasteiger charge is 2.26. The summed E-state index contributed by atoms with van der Waals surface area (Å²) in [6.45, 7) is 8.12. The van der Waals surface area contributed by atoms with Gasteiger partial charge in [-0.1, -0.05) is 0 Å². The van der Waals surface area contributed by atoms with Gasteiger partial charge < -0.3 is 9.80 Å². The van der Waals surface area contributed by atoms with Crippen LogP contribution < -0.4 is 9.80 Å². The first-order chi connectivity index (χ1) is 11.0. The molecule has 0 radical (unpaired) electrons. The topological polar surface area (TPSA) is 69.6 Å². The molecule has 0 saturated carbocycles. The van der Waals surface area contributed by atoms with E-state index in [4.69, 9.17) is 0 Å². The Kier molecular flexibility index (Phi) is 4.72. The predicted molar refractivity (Wildman–Crippen MR) is 91.5 cm³/mol. The second-order valence-corrected chi connectivity index (χ2v) is 8.37. The van der Waals surface area contributed by atoms with Crippen LogP contribution in [-0.4, -0.2) is 67.7 Å². The van der Waals surface area contributed by atoms with Crippen molar-refractivity contribution in [2.75, 3.05) is 54.8 Å². The number of nitrogens with zero attached hydrogens (tertiary/aromatic N) is 5. The Balaban J connectivity index is 1.73. The molecular weight excluding hydrogens is 314 g/mol. The minimum absolute atomic E-state index is 0.165. The second kappa shape index (κ2) is 6.60. The summed E-state index contributed by atoms with van der Waals surface area (Å²) in [6, 6.07) is 2.04. The van der Waals surface area contributed by atoms with Gasteiger partial charge in [-0.05, 0) is 26.7 Å². The third-order valence-electron chi connectivity index (χ3n) is 4.56. The van der Waals surface area contributed by atoms with Crippen LogP contribution in [0, 0.1) is 6.92 Å². The maximum Gasteiger partial charge on any atom is 0.213 e. The highest BCUT2D eigenvalue weighted by molar-refractivity contribution is 7.89. The smallest absolute Gasteiger partial charge is 0.213 e. The molecule has 3 heterocycles. The lowest BCUT2D eigenvalue weighted by molar-refractivity contribution is 0.384. The van der Waals surface area contributed by atoms with Crippen LogP contribution in [0.25, 0.3) is 0 Å². The summed E-state index contributed by atoms with van der Waals surface area (Å²) in [5.41, 5.74) is 0. The Morgan fingerprint density at radius 2 is 1.48 bits per heavy atom. The van der Waals surface area contributed by atoms with Crippen molar-refractivity contribution in [1.82, 2.24) is 14.3 Å². The maximum atomic E-state index is 12.0. The summed E-state index contributed by atoms with van der Waals surface area (Å²) in [6.07, 6.45) is 2.43. The number of rotatable bonds is 4. The van der Waals surface area contributed by atoms with E-state index in [2.05, 4.69) is 19.8 Å². The fourth-order valence-electron chi connectivity index (χ4n) is 3.18. The number of sulfonamides is 1. The standard InChI is InChI=1S/C15H25N5O2S/c1-3-23(21,22)20-10-8-19(9-11-20)15-12-14(16-13(2)17-15)18-6-4-5-7-18/h12H,3-11H2,1-2H3. The molecule has 0 unspecified atom stereocenters. The Morgan fingerprint density at radius 1 is 0.957 bits per heavy atom. The Labute approximate surface area is 138 Å². The number of aryl methyl sites for hydroxylation is 1. The van der Waals surface area contributed by atoms with Crippen molar-refractivity contribution in [3.05, 3.63) is 11.9 Å². The van der Waals surface area contributed by atoms with Crippen LogP contribution >= 0.6 is 0 Å². The van der Waals surface area contributed by atoms with Crippen LogP contribution in [0.4, 0.5) is 11.6 Å². The lowest BCUT2D eigenvalue weighted by Crippen LogP contribution is -2.49. The van der Waals surface area contributed by atoms with Gasteiger partial charge in [0.1, 0.15) is 17.5 Å². The lowest BCUT2D eigenvalue weighted by atomic mass is 10.3. The first-order valence-corrected chi connectivity index (χ1v) is 9.94. The summed E-state index contributed by atoms with van der Waals surface area (Å²) in [5.74, 6) is 2.84. The molecule has 128 valence electrons. The van der Waals surface area contributed by atoms with E-state index in [1.165, 1.54) is 12.8 Å². The van der Waals surface area contributed by atoms with Gasteiger partial charge in [-0.3, -0.25) is 0 Å². The van der Waals surface area contributed by atoms with E-state index < -0.39 is 10.0 Å². The Bertz CT molecular complexity index is 650. The van der Waals surface area contributed by atoms with Crippen LogP contribution in [0.15, 0.2) is 6.07 Å². The Morgan fingerprint density at radius 3 is 2.00 bits per heavy atom. The minimum Gasteiger partial charge on any atom is -0.356 e. The molecule has 2 aliphatic heterocycles. The van der Waals surface area contributed by atoms with Gasteiger partial charge >= 0.3 is 0 Å². The van der Waals surface area contributed by atoms with Gasteiger partial charge in [0.15, 0.2) is 0 Å². The van der Waals surface area contributed by atoms with E-state index >= 15 is 0 Å². The molecule has 0 spiro atoms. The van der Waals surface area contributed by atoms with Crippen LogP contribution in [0.5, 0.6) is 0 Å². The van der Waals surface area contributed by atoms with Crippen molar-refractivity contribution in [2.45, 2.75) is 26.7 Å². The first kappa shape index (κ1) is 16.4. The van der Waals surface area contributed by atoms with Crippen molar-refractivity contribution in [3.63, 3.8) is 0 Å². The van der Waals surface area contributed by atoms with Crippen LogP contribution in [-0.2, 0) is 10.0 Å². The Hall–Kier alpha value is -1.41. The number of hydrogen-bond acceptors (Lipinski definition) is 6. The van der Waals surface area contributed by atoms with E-state index in [1.54, 1.807) is 11.2 Å². The van der Waals surface area contributed by atoms with Crippen LogP contribution in [0.1, 0.15) is 25.6 Å². The summed E-state index contributed by atoms with van der Waals surface area (Å²) < 4.78 is 25.5. The van der Waals surface area contributed by atoms with Gasteiger partial charge in [-0.2, -0.15) is 4.31 Å². The number of hydrogen-bond donors (Lipinski definition) is 0. The van der Waals surface area contributed by atoms with Crippen molar-refractivity contribution in [3.8, 4) is 0 Å². The molecule has 3 rings (SSSR count). The average Bonchev–Trinajstić information content (AvgIpc) is 3.09. The summed E-state index contributed by atoms with van der Waals surface area (Å²) in [4.78, 5) is 13.6. The molecule has 0 aliphatic carbocycles. The zero-order chi connectivity index (χ0) is 16.4. The summed E-state index contributed by atoms with van der Waals surface area (Å²) in [5, 5.41) is 0. The van der Waals surface area contributed by atoms with Crippen molar-refractivity contribution in [2.24, 2.45) is 0 Å². The molecule has 23 heavy (non-hydrogen) atoms. The van der Waals surface area contributed by atoms with Crippen molar-refractivity contribution in [1.29, 1.82) is 0 Å². The van der Waals surface area contributed by atoms with Crippen molar-refractivity contribution < 1.29 is 8.42 Å². The normalized spacial score (nSPS) is 20.3. The molecule has 0 N–H and O–H groups in total. The molecule has 0 aromatic carbocycles. The third kappa shape index (κ3) is 3.58. The molecule has 1 aromatic rings. The second-order valence-electron chi connectivity index (χ2n) is 6.11. The highest BCUT2D eigenvalue weighted by Crippen LogP contribution is 2.23. The minimum atomic E-state index is -3.09. The number of aromatic nitrogens is 2. The zero-order valence-corrected chi connectivity index (χ0v) is 14.7. The zero-order valence-electron chi connectivity index (χ0n) is 13.9. The lowest BCUT2D eigenvalue weighted by Gasteiger charge is -2.34. The summed E-state index contributed by atoms with van der Waals surface area (Å²) >= 11 is 0. The van der Waals surface area contributed by atoms with E-state index in [-0.39, 0.29) is 5.75 Å². The molecule has 8 heteroatoms. The molecule has 2 saturated heterocycles. The number of piperazine rings is 1. The van der Waals surface area contributed by atoms with Gasteiger partial charge in [0.2, 0.25) is 10.0 Å². The molecule has 1 aromatic heterocycles. The van der Waals surface area contributed by atoms with Gasteiger partial charge in [-0.15, -0.1) is 0 Å². The molecule has 0 amide bonds. The van der Waals surface area contributed by atoms with Crippen LogP contribution in [0.3, 0.4) is 0 Å². The predicted octanol–water partition coefficient (Wildman–Crippen LogP) is 0.857. The van der Waals surface area contributed by atoms with E-state index in [0.717, 1.165) is 30.5 Å². The summed E-state index contributed by atoms with van der Waals surface area (Å²) in [7, 11) is -3.09. The largest absolute Gasteiger partial charge is 0.356 e. The molecule has 0 bridgehead atoms. The molecule has 2 aliphatic rings. The first-order valence-electron chi connectivity index (χ1n) is 8.33. The molecule has 2 fully saturated rings. The van der Waals surface area contributed by atoms with E-state index in [9.17, 15) is 8.42 Å². The average molecular weight is 339 g/mol. The molecular formula is C15H25N5O2S. The van der Waals surface area contributed by atoms with Gasteiger partial charge in [-0.25, -0.2) is 18.4 Å². The van der Waals surface area contributed by atoms with Crippen molar-refractivity contribution >= 4 is 21.7 Å². The van der Waals surface area contributed by atoms with E-state index in [0.29, 0.717) is 26.2 Å². The third-order valence-corrected chi connectivity index (χ3v) is 6.44. The van der Waals surface area contributed by atoms with Gasteiger partial charge in [0.05, 0.1) is 5.75 Å². The highest BCUT2D eigenvalue weighted by atomic mass is 32.2. The van der Waals surface area contributed by atoms with E-state index in [1.807, 2.05) is 13.0 Å². The molecule has 0 atom stereocenters. The monoisotopic (exact) mass is 339 g/mol. The fraction of sp³-hybridized carbons (Fsp3) is 0.733. The van der Waals surface area contributed by atoms with Crippen LogP contribution in [0.2, 0.25) is 0 Å². The maximum absolute atomic E-state index is 12.0. The van der Waals surface area contributed by atoms with Gasteiger partial charge in [0, 0.05) is 45.3 Å².